The van der Waals surface area contributed by atoms with Crippen LogP contribution in [-0.4, -0.2) is 62.0 Å². The molecular formula is C26H29N7O4. The molecule has 3 aromatic heterocycles. The van der Waals surface area contributed by atoms with Gasteiger partial charge in [0.2, 0.25) is 6.29 Å². The summed E-state index contributed by atoms with van der Waals surface area (Å²) in [6.07, 6.45) is 5.71. The van der Waals surface area contributed by atoms with Crippen LogP contribution in [0, 0.1) is 11.3 Å². The molecule has 0 fully saturated rings. The summed E-state index contributed by atoms with van der Waals surface area (Å²) in [6, 6.07) is 9.19. The van der Waals surface area contributed by atoms with Crippen molar-refractivity contribution in [2.45, 2.75) is 19.1 Å². The molecule has 2 amide bonds. The van der Waals surface area contributed by atoms with E-state index in [-0.39, 0.29) is 6.03 Å². The van der Waals surface area contributed by atoms with Gasteiger partial charge in [-0.05, 0) is 30.5 Å². The number of pyridine rings is 3. The minimum Gasteiger partial charge on any atom is -0.383 e. The van der Waals surface area contributed by atoms with Gasteiger partial charge in [-0.25, -0.2) is 14.8 Å². The molecule has 0 bridgehead atoms. The van der Waals surface area contributed by atoms with Crippen molar-refractivity contribution < 1.29 is 19.0 Å². The molecule has 0 aliphatic carbocycles. The van der Waals surface area contributed by atoms with E-state index >= 15 is 0 Å². The Morgan fingerprint density at radius 2 is 2.08 bits per heavy atom. The van der Waals surface area contributed by atoms with E-state index in [1.54, 1.807) is 44.7 Å². The van der Waals surface area contributed by atoms with Gasteiger partial charge in [-0.15, -0.1) is 0 Å². The molecule has 0 radical (unpaired) electrons. The zero-order valence-electron chi connectivity index (χ0n) is 21.0. The van der Waals surface area contributed by atoms with Crippen molar-refractivity contribution in [2.24, 2.45) is 0 Å². The molecule has 0 atom stereocenters. The minimum absolute atomic E-state index is 0.315. The first-order chi connectivity index (χ1) is 18.1. The van der Waals surface area contributed by atoms with Crippen molar-refractivity contribution in [3.8, 4) is 17.2 Å². The predicted octanol–water partition coefficient (Wildman–Crippen LogP) is 3.74. The van der Waals surface area contributed by atoms with Gasteiger partial charge in [-0.2, -0.15) is 5.26 Å². The smallest absolute Gasteiger partial charge is 0.328 e. The fourth-order valence-corrected chi connectivity index (χ4v) is 4.18. The van der Waals surface area contributed by atoms with E-state index in [1.165, 1.54) is 6.20 Å². The molecule has 1 aliphatic rings. The number of nitrogens with one attached hydrogen (secondary N) is 2. The second-order valence-electron chi connectivity index (χ2n) is 8.28. The molecule has 3 aromatic rings. The Hall–Kier alpha value is -4.11. The molecule has 0 saturated carbocycles. The minimum atomic E-state index is -0.728. The van der Waals surface area contributed by atoms with Gasteiger partial charge in [0.25, 0.3) is 0 Å². The monoisotopic (exact) mass is 503 g/mol. The van der Waals surface area contributed by atoms with Crippen molar-refractivity contribution in [1.29, 1.82) is 5.26 Å². The summed E-state index contributed by atoms with van der Waals surface area (Å²) in [5.41, 5.74) is 4.14. The topological polar surface area (TPSA) is 135 Å². The maximum absolute atomic E-state index is 13.4. The number of hydrogen-bond donors (Lipinski definition) is 2. The van der Waals surface area contributed by atoms with Crippen molar-refractivity contribution >= 4 is 23.4 Å². The molecule has 0 spiro atoms. The van der Waals surface area contributed by atoms with Gasteiger partial charge >= 0.3 is 6.03 Å². The number of fused-ring (bicyclic) bond motifs is 1. The third kappa shape index (κ3) is 5.83. The predicted molar refractivity (Wildman–Crippen MR) is 138 cm³/mol. The summed E-state index contributed by atoms with van der Waals surface area (Å²) in [6.45, 7) is 1.46. The molecule has 2 N–H and O–H groups in total. The number of aryl methyl sites for hydroxylation is 1. The van der Waals surface area contributed by atoms with Crippen molar-refractivity contribution in [3.05, 3.63) is 59.7 Å². The summed E-state index contributed by atoms with van der Waals surface area (Å²) in [5.74, 6) is 0.854. The molecule has 4 heterocycles. The Morgan fingerprint density at radius 3 is 2.78 bits per heavy atom. The average molecular weight is 504 g/mol. The van der Waals surface area contributed by atoms with E-state index in [0.717, 1.165) is 29.5 Å². The van der Waals surface area contributed by atoms with E-state index in [1.807, 2.05) is 18.2 Å². The lowest BCUT2D eigenvalue weighted by Gasteiger charge is -2.30. The van der Waals surface area contributed by atoms with Gasteiger partial charge in [0.15, 0.2) is 0 Å². The van der Waals surface area contributed by atoms with Gasteiger partial charge < -0.3 is 19.5 Å². The first-order valence-electron chi connectivity index (χ1n) is 11.8. The van der Waals surface area contributed by atoms with Crippen LogP contribution in [0.5, 0.6) is 0 Å². The maximum Gasteiger partial charge on any atom is 0.328 e. The van der Waals surface area contributed by atoms with Crippen LogP contribution in [0.4, 0.5) is 22.1 Å². The Labute approximate surface area is 215 Å². The number of urea groups is 1. The first-order valence-corrected chi connectivity index (χ1v) is 11.8. The number of aromatic nitrogens is 3. The highest BCUT2D eigenvalue weighted by atomic mass is 16.7. The Balaban J connectivity index is 1.66. The van der Waals surface area contributed by atoms with Crippen LogP contribution in [0.15, 0.2) is 42.9 Å². The maximum atomic E-state index is 13.4. The van der Waals surface area contributed by atoms with Crippen LogP contribution >= 0.6 is 0 Å². The van der Waals surface area contributed by atoms with Crippen molar-refractivity contribution in [2.75, 3.05) is 56.6 Å². The number of nitriles is 1. The Kier molecular flexibility index (Phi) is 8.58. The molecule has 0 aromatic carbocycles. The Morgan fingerprint density at radius 1 is 1.24 bits per heavy atom. The van der Waals surface area contributed by atoms with E-state index in [4.69, 9.17) is 19.2 Å². The molecule has 192 valence electrons. The van der Waals surface area contributed by atoms with Gasteiger partial charge in [-0.1, -0.05) is 6.07 Å². The largest absolute Gasteiger partial charge is 0.383 e. The summed E-state index contributed by atoms with van der Waals surface area (Å²) in [4.78, 5) is 28.3. The van der Waals surface area contributed by atoms with Crippen LogP contribution in [-0.2, 0) is 20.6 Å². The lowest BCUT2D eigenvalue weighted by atomic mass is 9.98. The highest BCUT2D eigenvalue weighted by Crippen LogP contribution is 2.36. The number of rotatable bonds is 9. The zero-order valence-corrected chi connectivity index (χ0v) is 21.0. The summed E-state index contributed by atoms with van der Waals surface area (Å²) < 4.78 is 16.1. The van der Waals surface area contributed by atoms with E-state index < -0.39 is 6.29 Å². The van der Waals surface area contributed by atoms with Crippen LogP contribution < -0.4 is 15.5 Å². The number of carbonyl (C=O) groups excluding carboxylic acids is 1. The normalized spacial score (nSPS) is 12.7. The van der Waals surface area contributed by atoms with Gasteiger partial charge in [0.1, 0.15) is 23.4 Å². The van der Waals surface area contributed by atoms with E-state index in [2.05, 4.69) is 26.7 Å². The number of amides is 2. The zero-order chi connectivity index (χ0) is 26.2. The number of carbonyl (C=O) groups is 1. The van der Waals surface area contributed by atoms with Crippen molar-refractivity contribution in [1.82, 2.24) is 15.0 Å². The third-order valence-corrected chi connectivity index (χ3v) is 5.94. The summed E-state index contributed by atoms with van der Waals surface area (Å²) in [7, 11) is 4.69. The van der Waals surface area contributed by atoms with Crippen LogP contribution in [0.3, 0.4) is 0 Å². The van der Waals surface area contributed by atoms with Gasteiger partial charge in [0.05, 0.1) is 17.9 Å². The second kappa shape index (κ2) is 12.2. The Bertz CT molecular complexity index is 1280. The number of anilines is 3. The lowest BCUT2D eigenvalue weighted by Crippen LogP contribution is -2.40. The number of nitrogens with zero attached hydrogens (tertiary/aromatic N) is 5. The first kappa shape index (κ1) is 26.0. The van der Waals surface area contributed by atoms with Crippen LogP contribution in [0.2, 0.25) is 0 Å². The number of methoxy groups -OCH3 is 3. The molecular weight excluding hydrogens is 474 g/mol. The van der Waals surface area contributed by atoms with Crippen LogP contribution in [0.25, 0.3) is 11.1 Å². The summed E-state index contributed by atoms with van der Waals surface area (Å²) >= 11 is 0. The van der Waals surface area contributed by atoms with Gasteiger partial charge in [-0.3, -0.25) is 15.2 Å². The highest BCUT2D eigenvalue weighted by molar-refractivity contribution is 6.01. The molecule has 37 heavy (non-hydrogen) atoms. The average Bonchev–Trinajstić information content (AvgIpc) is 2.93. The fourth-order valence-electron chi connectivity index (χ4n) is 4.18. The molecule has 4 rings (SSSR count). The SMILES string of the molecule is COCCNc1cc(NC(=O)N2CCCc3cc(-c4cccnc4)c(C(OC)OC)nc32)ncc1C#N. The van der Waals surface area contributed by atoms with Crippen molar-refractivity contribution in [3.63, 3.8) is 0 Å². The van der Waals surface area contributed by atoms with Crippen LogP contribution in [0.1, 0.15) is 29.5 Å². The molecule has 0 saturated heterocycles. The number of hydrogen-bond acceptors (Lipinski definition) is 9. The molecule has 1 aliphatic heterocycles. The standard InChI is InChI=1S/C26H29N7O4/c1-35-11-9-29-21-13-22(30-16-19(21)14-27)31-26(34)33-10-5-7-17-12-20(18-6-4-8-28-15-18)23(32-24(17)33)25(36-2)37-3/h4,6,8,12-13,15-16,25H,5,7,9-11H2,1-3H3,(H2,29,30,31,34). The molecule has 11 heteroatoms. The number of ether oxygens (including phenoxy) is 3. The van der Waals surface area contributed by atoms with E-state index in [9.17, 15) is 10.1 Å². The van der Waals surface area contributed by atoms with Gasteiger partial charge in [0, 0.05) is 70.2 Å². The lowest BCUT2D eigenvalue weighted by molar-refractivity contribution is -0.108. The molecule has 0 unspecified atom stereocenters. The fraction of sp³-hybridized carbons (Fsp3) is 0.346. The summed E-state index contributed by atoms with van der Waals surface area (Å²) in [5, 5.41) is 15.4. The van der Waals surface area contributed by atoms with E-state index in [0.29, 0.717) is 48.3 Å². The third-order valence-electron chi connectivity index (χ3n) is 5.94. The molecule has 11 nitrogen and oxygen atoms in total. The highest BCUT2D eigenvalue weighted by Gasteiger charge is 2.29. The second-order valence-corrected chi connectivity index (χ2v) is 8.28. The quantitative estimate of drug-likeness (QED) is 0.331.